The van der Waals surface area contributed by atoms with Crippen LogP contribution in [-0.4, -0.2) is 45.8 Å². The second-order valence-electron chi connectivity index (χ2n) is 16.0. The number of nitrogens with one attached hydrogen (secondary N) is 2. The van der Waals surface area contributed by atoms with Crippen molar-refractivity contribution in [3.05, 3.63) is 167 Å². The summed E-state index contributed by atoms with van der Waals surface area (Å²) >= 11 is 0. The zero-order chi connectivity index (χ0) is 42.8. The molecular formula is C55H43N5O3. The van der Waals surface area contributed by atoms with Crippen molar-refractivity contribution in [3.8, 4) is 56.3 Å². The fraction of sp³-hybridized carbons (Fsp3) is 0.0909. The van der Waals surface area contributed by atoms with Gasteiger partial charge in [0.2, 0.25) is 0 Å². The molecule has 0 radical (unpaired) electrons. The van der Waals surface area contributed by atoms with Gasteiger partial charge in [0.1, 0.15) is 17.2 Å². The summed E-state index contributed by atoms with van der Waals surface area (Å²) in [6.45, 7) is 4.22. The summed E-state index contributed by atoms with van der Waals surface area (Å²) in [5.41, 5.74) is 18.2. The van der Waals surface area contributed by atoms with Crippen LogP contribution < -0.4 is 14.2 Å². The average Bonchev–Trinajstić information content (AvgIpc) is 4.19. The van der Waals surface area contributed by atoms with Crippen LogP contribution in [0.2, 0.25) is 0 Å². The van der Waals surface area contributed by atoms with Gasteiger partial charge in [-0.05, 0) is 116 Å². The minimum atomic E-state index is 0.757. The first-order chi connectivity index (χ1) is 30.9. The summed E-state index contributed by atoms with van der Waals surface area (Å²) in [6, 6.07) is 46.6. The highest BCUT2D eigenvalue weighted by Crippen LogP contribution is 2.41. The molecule has 8 nitrogen and oxygen atoms in total. The Labute approximate surface area is 364 Å². The molecule has 0 aliphatic carbocycles. The van der Waals surface area contributed by atoms with Crippen molar-refractivity contribution in [3.63, 3.8) is 0 Å². The smallest absolute Gasteiger partial charge is 0.120 e. The number of rotatable bonds is 7. The van der Waals surface area contributed by atoms with E-state index in [1.807, 2.05) is 24.3 Å². The molecule has 5 aromatic carbocycles. The van der Waals surface area contributed by atoms with Crippen molar-refractivity contribution in [2.75, 3.05) is 21.3 Å². The molecule has 2 aliphatic heterocycles. The monoisotopic (exact) mass is 821 g/mol. The predicted octanol–water partition coefficient (Wildman–Crippen LogP) is 13.4. The molecule has 9 aromatic rings. The van der Waals surface area contributed by atoms with Gasteiger partial charge in [-0.3, -0.25) is 0 Å². The molecule has 0 amide bonds. The van der Waals surface area contributed by atoms with Crippen LogP contribution in [0.5, 0.6) is 17.2 Å². The van der Waals surface area contributed by atoms with E-state index in [-0.39, 0.29) is 0 Å². The van der Waals surface area contributed by atoms with Gasteiger partial charge in [0.25, 0.3) is 0 Å². The summed E-state index contributed by atoms with van der Waals surface area (Å²) in [5.74, 6) is 2.30. The zero-order valence-electron chi connectivity index (χ0n) is 35.6. The molecule has 2 aliphatic rings. The van der Waals surface area contributed by atoms with E-state index in [1.165, 1.54) is 11.1 Å². The normalized spacial score (nSPS) is 12.1. The molecule has 8 heteroatoms. The summed E-state index contributed by atoms with van der Waals surface area (Å²) in [6.07, 6.45) is 8.51. The number of H-pyrrole nitrogens is 2. The fourth-order valence-electron chi connectivity index (χ4n) is 9.01. The van der Waals surface area contributed by atoms with Gasteiger partial charge in [-0.25, -0.2) is 9.97 Å². The van der Waals surface area contributed by atoms with Gasteiger partial charge in [0.05, 0.1) is 66.3 Å². The number of hydrogen-bond acceptors (Lipinski definition) is 5. The molecule has 0 fully saturated rings. The van der Waals surface area contributed by atoms with Gasteiger partial charge < -0.3 is 28.7 Å². The maximum absolute atomic E-state index is 5.84. The molecule has 11 rings (SSSR count). The molecule has 0 spiro atoms. The van der Waals surface area contributed by atoms with Crippen LogP contribution in [0.4, 0.5) is 0 Å². The van der Waals surface area contributed by atoms with E-state index in [0.29, 0.717) is 0 Å². The van der Waals surface area contributed by atoms with Crippen molar-refractivity contribution < 1.29 is 14.2 Å². The Bertz CT molecular complexity index is 3410. The number of aromatic nitrogens is 5. The maximum atomic E-state index is 5.84. The Morgan fingerprint density at radius 3 is 1.21 bits per heavy atom. The van der Waals surface area contributed by atoms with Gasteiger partial charge in [-0.2, -0.15) is 0 Å². The molecule has 0 saturated heterocycles. The van der Waals surface area contributed by atoms with E-state index in [4.69, 9.17) is 24.2 Å². The first-order valence-corrected chi connectivity index (χ1v) is 21.0. The first kappa shape index (κ1) is 37.9. The Balaban J connectivity index is 1.34. The zero-order valence-corrected chi connectivity index (χ0v) is 35.6. The number of methoxy groups -OCH3 is 3. The molecule has 0 saturated carbocycles. The Morgan fingerprint density at radius 1 is 0.397 bits per heavy atom. The minimum absolute atomic E-state index is 0.757. The highest BCUT2D eigenvalue weighted by molar-refractivity contribution is 6.11. The highest BCUT2D eigenvalue weighted by Gasteiger charge is 2.22. The standard InChI is InChI=1S/C55H43N5O3/c1-32-6-10-34(11-7-32)52-42-22-24-44(56-42)54(36-14-16-37(61-3)17-15-36)45-25-23-43(57-45)53(35-12-8-33(2)9-13-35)47-27-29-49(59-47)55(48-28-26-46(52)58-48)60-50-30-38(62-4)18-20-40(50)41-21-19-39(63-5)31-51(41)60/h6-31,56,59H,1-5H3. The molecule has 63 heavy (non-hydrogen) atoms. The number of hydrogen-bond donors (Lipinski definition) is 2. The Hall–Kier alpha value is -8.10. The lowest BCUT2D eigenvalue weighted by Crippen LogP contribution is -1.99. The summed E-state index contributed by atoms with van der Waals surface area (Å²) in [5, 5.41) is 2.17. The summed E-state index contributed by atoms with van der Waals surface area (Å²) < 4.78 is 19.6. The van der Waals surface area contributed by atoms with Gasteiger partial charge in [0.15, 0.2) is 0 Å². The first-order valence-electron chi connectivity index (χ1n) is 21.0. The number of nitrogens with zero attached hydrogens (tertiary/aromatic N) is 3. The third-order valence-corrected chi connectivity index (χ3v) is 12.2. The minimum Gasteiger partial charge on any atom is -0.497 e. The number of ether oxygens (including phenoxy) is 3. The number of aromatic amines is 2. The highest BCUT2D eigenvalue weighted by atomic mass is 16.5. The molecule has 306 valence electrons. The number of aryl methyl sites for hydroxylation is 2. The quantitative estimate of drug-likeness (QED) is 0.167. The van der Waals surface area contributed by atoms with Gasteiger partial charge in [-0.1, -0.05) is 71.8 Å². The van der Waals surface area contributed by atoms with E-state index in [1.54, 1.807) is 21.3 Å². The fourth-order valence-corrected chi connectivity index (χ4v) is 9.01. The molecule has 0 atom stereocenters. The lowest BCUT2D eigenvalue weighted by molar-refractivity contribution is 0.415. The molecule has 8 bridgehead atoms. The third-order valence-electron chi connectivity index (χ3n) is 12.2. The van der Waals surface area contributed by atoms with Crippen molar-refractivity contribution in [2.45, 2.75) is 13.8 Å². The van der Waals surface area contributed by atoms with Crippen LogP contribution in [0.25, 0.3) is 107 Å². The van der Waals surface area contributed by atoms with Crippen molar-refractivity contribution >= 4 is 68.2 Å². The molecular weight excluding hydrogens is 779 g/mol. The van der Waals surface area contributed by atoms with Gasteiger partial charge in [0, 0.05) is 56.1 Å². The van der Waals surface area contributed by atoms with E-state index in [0.717, 1.165) is 123 Å². The van der Waals surface area contributed by atoms with E-state index in [9.17, 15) is 0 Å². The molecule has 4 aromatic heterocycles. The number of fused-ring (bicyclic) bond motifs is 11. The average molecular weight is 822 g/mol. The molecule has 0 unspecified atom stereocenters. The number of benzene rings is 5. The van der Waals surface area contributed by atoms with Crippen molar-refractivity contribution in [2.24, 2.45) is 0 Å². The van der Waals surface area contributed by atoms with Crippen LogP contribution in [0.1, 0.15) is 33.9 Å². The second kappa shape index (κ2) is 15.1. The SMILES string of the molecule is COc1ccc(-c2c3nc(c(-c4ccc(C)cc4)c4ccc([nH]4)c(-n4c5cc(OC)ccc5c5ccc(OC)cc54)c4nc(c(-c5ccc(C)cc5)c5ccc2[nH]5)C=C4)C=C3)cc1. The van der Waals surface area contributed by atoms with Crippen LogP contribution in [0.15, 0.2) is 133 Å². The van der Waals surface area contributed by atoms with Crippen LogP contribution >= 0.6 is 0 Å². The van der Waals surface area contributed by atoms with Gasteiger partial charge in [-0.15, -0.1) is 0 Å². The van der Waals surface area contributed by atoms with Gasteiger partial charge >= 0.3 is 0 Å². The Morgan fingerprint density at radius 2 is 0.762 bits per heavy atom. The van der Waals surface area contributed by atoms with E-state index < -0.39 is 0 Å². The predicted molar refractivity (Wildman–Crippen MR) is 259 cm³/mol. The van der Waals surface area contributed by atoms with Crippen LogP contribution in [0, 0.1) is 13.8 Å². The van der Waals surface area contributed by atoms with E-state index >= 15 is 0 Å². The lowest BCUT2D eigenvalue weighted by Gasteiger charge is -2.11. The van der Waals surface area contributed by atoms with Crippen LogP contribution in [0.3, 0.4) is 0 Å². The summed E-state index contributed by atoms with van der Waals surface area (Å²) in [4.78, 5) is 18.8. The molecule has 6 heterocycles. The van der Waals surface area contributed by atoms with E-state index in [2.05, 4.69) is 162 Å². The maximum Gasteiger partial charge on any atom is 0.120 e. The third kappa shape index (κ3) is 6.46. The van der Waals surface area contributed by atoms with Crippen molar-refractivity contribution in [1.82, 2.24) is 24.5 Å². The summed E-state index contributed by atoms with van der Waals surface area (Å²) in [7, 11) is 5.10. The molecule has 2 N–H and O–H groups in total. The Kier molecular flexibility index (Phi) is 9.08. The second-order valence-corrected chi connectivity index (χ2v) is 16.0. The topological polar surface area (TPSA) is 90.0 Å². The largest absolute Gasteiger partial charge is 0.497 e. The van der Waals surface area contributed by atoms with Crippen molar-refractivity contribution in [1.29, 1.82) is 0 Å². The lowest BCUT2D eigenvalue weighted by atomic mass is 10.0. The van der Waals surface area contributed by atoms with Crippen LogP contribution in [-0.2, 0) is 0 Å².